The van der Waals surface area contributed by atoms with Crippen LogP contribution >= 0.6 is 11.3 Å². The van der Waals surface area contributed by atoms with Gasteiger partial charge in [-0.1, -0.05) is 24.3 Å². The van der Waals surface area contributed by atoms with E-state index in [2.05, 4.69) is 20.6 Å². The van der Waals surface area contributed by atoms with E-state index in [4.69, 9.17) is 11.1 Å². The van der Waals surface area contributed by atoms with Crippen LogP contribution in [-0.2, 0) is 0 Å². The maximum Gasteiger partial charge on any atom is 0.271 e. The predicted octanol–water partition coefficient (Wildman–Crippen LogP) is 2.60. The average Bonchev–Trinajstić information content (AvgIpc) is 3.40. The molecule has 0 radical (unpaired) electrons. The minimum absolute atomic E-state index is 0.0845. The Bertz CT molecular complexity index is 1060. The lowest BCUT2D eigenvalue weighted by atomic mass is 10.0. The molecule has 8 heteroatoms. The number of nitrogens with one attached hydrogen (secondary N) is 3. The number of pyridine rings is 1. The van der Waals surface area contributed by atoms with Gasteiger partial charge in [-0.15, -0.1) is 11.3 Å². The number of aromatic nitrogens is 2. The number of amides is 1. The topological polar surface area (TPSA) is 117 Å². The molecule has 1 atom stereocenters. The number of hydrogen-bond donors (Lipinski definition) is 4. The number of nitrogens with zero attached hydrogens (tertiary/aromatic N) is 2. The first kappa shape index (κ1) is 19.2. The van der Waals surface area contributed by atoms with Crippen LogP contribution in [0, 0.1) is 12.3 Å². The fourth-order valence-corrected chi connectivity index (χ4v) is 4.34. The summed E-state index contributed by atoms with van der Waals surface area (Å²) in [6, 6.07) is 9.38. The van der Waals surface area contributed by atoms with Crippen LogP contribution < -0.4 is 16.4 Å². The van der Waals surface area contributed by atoms with Gasteiger partial charge in [0.1, 0.15) is 10.7 Å². The lowest BCUT2D eigenvalue weighted by molar-refractivity contribution is 0.0936. The molecule has 0 aliphatic carbocycles. The molecule has 1 fully saturated rings. The number of carbonyl (C=O) groups excluding carboxylic acids is 1. The lowest BCUT2D eigenvalue weighted by Gasteiger charge is -2.10. The largest absolute Gasteiger partial charge is 0.398 e. The van der Waals surface area contributed by atoms with E-state index in [-0.39, 0.29) is 17.7 Å². The van der Waals surface area contributed by atoms with Gasteiger partial charge in [-0.05, 0) is 31.5 Å². The summed E-state index contributed by atoms with van der Waals surface area (Å²) in [5, 5.41) is 15.4. The minimum atomic E-state index is -0.231. The molecule has 1 aliphatic rings. The molecule has 3 aromatic rings. The second-order valence-electron chi connectivity index (χ2n) is 7.01. The van der Waals surface area contributed by atoms with Gasteiger partial charge in [0.25, 0.3) is 5.91 Å². The van der Waals surface area contributed by atoms with Crippen LogP contribution in [-0.4, -0.2) is 40.7 Å². The first-order valence-electron chi connectivity index (χ1n) is 9.41. The number of anilines is 1. The van der Waals surface area contributed by atoms with Crippen LogP contribution in [0.5, 0.6) is 0 Å². The molecule has 7 nitrogen and oxygen atoms in total. The molecule has 0 spiro atoms. The van der Waals surface area contributed by atoms with Gasteiger partial charge >= 0.3 is 0 Å². The Morgan fingerprint density at radius 1 is 1.34 bits per heavy atom. The first-order chi connectivity index (χ1) is 14.0. The number of carbonyl (C=O) groups is 1. The standard InChI is InChI=1S/C21H22N6OS/c1-12-4-2-6-15(16(12)22)17(23)21-27-18(20(28)26-14-7-9-25-11-14)19(29-21)13-5-3-8-24-10-13/h2-6,8,10,14,23,25H,7,9,11,22H2,1H3,(H,26,28). The number of hydrogen-bond acceptors (Lipinski definition) is 7. The van der Waals surface area contributed by atoms with Crippen molar-refractivity contribution in [3.8, 4) is 10.4 Å². The highest BCUT2D eigenvalue weighted by molar-refractivity contribution is 7.17. The Morgan fingerprint density at radius 2 is 2.21 bits per heavy atom. The summed E-state index contributed by atoms with van der Waals surface area (Å²) in [5.74, 6) is -0.231. The molecule has 4 rings (SSSR count). The van der Waals surface area contributed by atoms with Crippen molar-refractivity contribution in [3.05, 3.63) is 64.6 Å². The van der Waals surface area contributed by atoms with E-state index in [0.717, 1.165) is 30.6 Å². The van der Waals surface area contributed by atoms with Crippen LogP contribution in [0.1, 0.15) is 33.0 Å². The van der Waals surface area contributed by atoms with Crippen LogP contribution in [0.25, 0.3) is 10.4 Å². The van der Waals surface area contributed by atoms with Gasteiger partial charge in [0, 0.05) is 41.8 Å². The predicted molar refractivity (Wildman–Crippen MR) is 116 cm³/mol. The van der Waals surface area contributed by atoms with E-state index in [1.807, 2.05) is 31.2 Å². The summed E-state index contributed by atoms with van der Waals surface area (Å²) >= 11 is 1.31. The van der Waals surface area contributed by atoms with Crippen molar-refractivity contribution in [1.82, 2.24) is 20.6 Å². The van der Waals surface area contributed by atoms with Crippen molar-refractivity contribution in [2.24, 2.45) is 0 Å². The zero-order valence-electron chi connectivity index (χ0n) is 16.0. The maximum atomic E-state index is 13.0. The van der Waals surface area contributed by atoms with E-state index >= 15 is 0 Å². The maximum absolute atomic E-state index is 13.0. The summed E-state index contributed by atoms with van der Waals surface area (Å²) in [6.45, 7) is 3.55. The number of aryl methyl sites for hydroxylation is 1. The van der Waals surface area contributed by atoms with Crippen molar-refractivity contribution in [3.63, 3.8) is 0 Å². The Morgan fingerprint density at radius 3 is 2.93 bits per heavy atom. The fourth-order valence-electron chi connectivity index (χ4n) is 3.32. The summed E-state index contributed by atoms with van der Waals surface area (Å²) in [5.41, 5.74) is 9.59. The summed E-state index contributed by atoms with van der Waals surface area (Å²) in [4.78, 5) is 22.4. The lowest BCUT2D eigenvalue weighted by Crippen LogP contribution is -2.36. The van der Waals surface area contributed by atoms with E-state index in [0.29, 0.717) is 26.8 Å². The van der Waals surface area contributed by atoms with Crippen molar-refractivity contribution in [1.29, 1.82) is 5.41 Å². The zero-order chi connectivity index (χ0) is 20.4. The molecular formula is C21H22N6OS. The molecule has 1 unspecified atom stereocenters. The second-order valence-corrected chi connectivity index (χ2v) is 8.01. The molecule has 148 valence electrons. The molecule has 1 aliphatic heterocycles. The molecule has 1 saturated heterocycles. The van der Waals surface area contributed by atoms with Gasteiger partial charge < -0.3 is 16.4 Å². The number of rotatable bonds is 5. The van der Waals surface area contributed by atoms with Gasteiger partial charge in [0.05, 0.1) is 10.6 Å². The van der Waals surface area contributed by atoms with Crippen LogP contribution in [0.15, 0.2) is 42.7 Å². The monoisotopic (exact) mass is 406 g/mol. The first-order valence-corrected chi connectivity index (χ1v) is 10.2. The van der Waals surface area contributed by atoms with Crippen LogP contribution in [0.3, 0.4) is 0 Å². The van der Waals surface area contributed by atoms with Crippen molar-refractivity contribution >= 4 is 28.6 Å². The molecular weight excluding hydrogens is 384 g/mol. The van der Waals surface area contributed by atoms with Gasteiger partial charge in [-0.25, -0.2) is 4.98 Å². The smallest absolute Gasteiger partial charge is 0.271 e. The second kappa shape index (κ2) is 8.10. The summed E-state index contributed by atoms with van der Waals surface area (Å²) < 4.78 is 0. The molecule has 0 bridgehead atoms. The highest BCUT2D eigenvalue weighted by atomic mass is 32.1. The average molecular weight is 407 g/mol. The molecule has 1 aromatic carbocycles. The van der Waals surface area contributed by atoms with Gasteiger partial charge in [0.2, 0.25) is 0 Å². The van der Waals surface area contributed by atoms with E-state index in [1.54, 1.807) is 18.5 Å². The van der Waals surface area contributed by atoms with Crippen molar-refractivity contribution < 1.29 is 4.79 Å². The Balaban J connectivity index is 1.74. The third-order valence-electron chi connectivity index (χ3n) is 4.97. The minimum Gasteiger partial charge on any atom is -0.398 e. The number of nitrogen functional groups attached to an aromatic ring is 1. The van der Waals surface area contributed by atoms with Gasteiger partial charge in [0.15, 0.2) is 0 Å². The van der Waals surface area contributed by atoms with Crippen LogP contribution in [0.4, 0.5) is 5.69 Å². The zero-order valence-corrected chi connectivity index (χ0v) is 16.8. The normalized spacial score (nSPS) is 16.0. The third kappa shape index (κ3) is 3.90. The number of nitrogens with two attached hydrogens (primary N) is 1. The van der Waals surface area contributed by atoms with E-state index in [1.165, 1.54) is 11.3 Å². The molecule has 3 heterocycles. The fraction of sp³-hybridized carbons (Fsp3) is 0.238. The quantitative estimate of drug-likeness (QED) is 0.384. The molecule has 5 N–H and O–H groups in total. The Hall–Kier alpha value is -3.10. The molecule has 29 heavy (non-hydrogen) atoms. The third-order valence-corrected chi connectivity index (χ3v) is 6.09. The van der Waals surface area contributed by atoms with E-state index in [9.17, 15) is 4.79 Å². The summed E-state index contributed by atoms with van der Waals surface area (Å²) in [7, 11) is 0. The van der Waals surface area contributed by atoms with Crippen molar-refractivity contribution in [2.45, 2.75) is 19.4 Å². The summed E-state index contributed by atoms with van der Waals surface area (Å²) in [6.07, 6.45) is 4.28. The van der Waals surface area contributed by atoms with Crippen LogP contribution in [0.2, 0.25) is 0 Å². The van der Waals surface area contributed by atoms with Crippen molar-refractivity contribution in [2.75, 3.05) is 18.8 Å². The molecule has 2 aromatic heterocycles. The molecule has 1 amide bonds. The Kier molecular flexibility index (Phi) is 5.37. The highest BCUT2D eigenvalue weighted by Crippen LogP contribution is 2.32. The highest BCUT2D eigenvalue weighted by Gasteiger charge is 2.25. The van der Waals surface area contributed by atoms with E-state index < -0.39 is 0 Å². The Labute approximate surface area is 172 Å². The SMILES string of the molecule is Cc1cccc(C(=N)c2nc(C(=O)NC3CCNC3)c(-c3cccnc3)s2)c1N. The number of thiazole rings is 1. The number of para-hydroxylation sites is 1. The van der Waals surface area contributed by atoms with Gasteiger partial charge in [-0.3, -0.25) is 15.2 Å². The van der Waals surface area contributed by atoms with Gasteiger partial charge in [-0.2, -0.15) is 0 Å². The molecule has 0 saturated carbocycles. The number of benzene rings is 1.